The molecule has 0 aliphatic heterocycles. The van der Waals surface area contributed by atoms with Crippen molar-refractivity contribution in [3.05, 3.63) is 283 Å². The second kappa shape index (κ2) is 15.1. The van der Waals surface area contributed by atoms with Gasteiger partial charge in [0.1, 0.15) is 0 Å². The number of hydrogen-bond acceptors (Lipinski definition) is 2. The van der Waals surface area contributed by atoms with Crippen molar-refractivity contribution in [2.75, 3.05) is 9.80 Å². The average Bonchev–Trinajstić information content (AvgIpc) is 4.01. The first-order valence-electron chi connectivity index (χ1n) is 23.5. The van der Waals surface area contributed by atoms with Crippen molar-refractivity contribution in [1.82, 2.24) is 4.57 Å². The van der Waals surface area contributed by atoms with Gasteiger partial charge in [-0.05, 0) is 135 Å². The molecule has 1 atom stereocenters. The topological polar surface area (TPSA) is 11.4 Å². The van der Waals surface area contributed by atoms with E-state index in [1.807, 2.05) is 0 Å². The van der Waals surface area contributed by atoms with Gasteiger partial charge in [-0.2, -0.15) is 0 Å². The second-order valence-electron chi connectivity index (χ2n) is 18.0. The minimum atomic E-state index is -0.586. The van der Waals surface area contributed by atoms with E-state index in [1.165, 1.54) is 71.6 Å². The predicted octanol–water partition coefficient (Wildman–Crippen LogP) is 17.2. The summed E-state index contributed by atoms with van der Waals surface area (Å²) in [5, 5.41) is 4.86. The van der Waals surface area contributed by atoms with Crippen LogP contribution in [-0.2, 0) is 5.41 Å². The molecule has 0 fully saturated rings. The van der Waals surface area contributed by atoms with Crippen molar-refractivity contribution in [1.29, 1.82) is 0 Å². The number of rotatable bonds is 7. The monoisotopic (exact) mass is 865 g/mol. The van der Waals surface area contributed by atoms with Gasteiger partial charge in [0.05, 0.1) is 22.1 Å². The van der Waals surface area contributed by atoms with Crippen molar-refractivity contribution in [2.24, 2.45) is 0 Å². The normalized spacial score (nSPS) is 14.2. The van der Waals surface area contributed by atoms with E-state index in [0.717, 1.165) is 45.3 Å². The van der Waals surface area contributed by atoms with Gasteiger partial charge in [0, 0.05) is 50.3 Å². The number of hydrogen-bond donors (Lipinski definition) is 0. The van der Waals surface area contributed by atoms with E-state index >= 15 is 0 Å². The Balaban J connectivity index is 1.04. The summed E-state index contributed by atoms with van der Waals surface area (Å²) in [4.78, 5) is 4.89. The maximum atomic E-state index is 2.51. The molecule has 318 valence electrons. The summed E-state index contributed by atoms with van der Waals surface area (Å²) < 4.78 is 2.42. The first-order valence-corrected chi connectivity index (χ1v) is 23.5. The molecule has 12 aromatic rings. The van der Waals surface area contributed by atoms with Crippen LogP contribution in [0.1, 0.15) is 22.3 Å². The molecule has 1 heterocycles. The smallest absolute Gasteiger partial charge is 0.0727 e. The van der Waals surface area contributed by atoms with E-state index < -0.39 is 5.41 Å². The summed E-state index contributed by atoms with van der Waals surface area (Å²) >= 11 is 0. The van der Waals surface area contributed by atoms with Crippen LogP contribution >= 0.6 is 0 Å². The van der Waals surface area contributed by atoms with Crippen LogP contribution in [0.5, 0.6) is 0 Å². The van der Waals surface area contributed by atoms with Crippen LogP contribution in [0.25, 0.3) is 60.5 Å². The number of aromatic nitrogens is 1. The van der Waals surface area contributed by atoms with Gasteiger partial charge in [0.15, 0.2) is 0 Å². The molecule has 2 aliphatic rings. The highest BCUT2D eigenvalue weighted by molar-refractivity contribution is 6.11. The van der Waals surface area contributed by atoms with E-state index in [9.17, 15) is 0 Å². The van der Waals surface area contributed by atoms with Gasteiger partial charge in [-0.1, -0.05) is 176 Å². The maximum absolute atomic E-state index is 2.51. The Morgan fingerprint density at radius 1 is 0.279 bits per heavy atom. The molecule has 2 aliphatic carbocycles. The van der Waals surface area contributed by atoms with Gasteiger partial charge < -0.3 is 14.4 Å². The summed E-state index contributed by atoms with van der Waals surface area (Å²) in [6.45, 7) is 0. The maximum Gasteiger partial charge on any atom is 0.0727 e. The molecule has 68 heavy (non-hydrogen) atoms. The molecule has 1 unspecified atom stereocenters. The quantitative estimate of drug-likeness (QED) is 0.158. The zero-order chi connectivity index (χ0) is 44.8. The molecule has 0 saturated carbocycles. The Morgan fingerprint density at radius 2 is 0.750 bits per heavy atom. The highest BCUT2D eigenvalue weighted by Gasteiger charge is 2.52. The lowest BCUT2D eigenvalue weighted by molar-refractivity contribution is 0.793. The third-order valence-corrected chi connectivity index (χ3v) is 14.5. The summed E-state index contributed by atoms with van der Waals surface area (Å²) in [6.07, 6.45) is 0. The second-order valence-corrected chi connectivity index (χ2v) is 18.0. The lowest BCUT2D eigenvalue weighted by Gasteiger charge is -2.33. The lowest BCUT2D eigenvalue weighted by atomic mass is 9.70. The molecule has 3 nitrogen and oxygen atoms in total. The average molecular weight is 866 g/mol. The minimum Gasteiger partial charge on any atom is -0.310 e. The van der Waals surface area contributed by atoms with Crippen molar-refractivity contribution in [3.63, 3.8) is 0 Å². The van der Waals surface area contributed by atoms with Crippen molar-refractivity contribution < 1.29 is 0 Å². The molecule has 0 radical (unpaired) electrons. The van der Waals surface area contributed by atoms with Gasteiger partial charge in [-0.15, -0.1) is 0 Å². The molecule has 0 saturated heterocycles. The molecule has 11 aromatic carbocycles. The molecular weight excluding hydrogens is 823 g/mol. The van der Waals surface area contributed by atoms with E-state index in [1.54, 1.807) is 0 Å². The van der Waals surface area contributed by atoms with Crippen LogP contribution in [0.2, 0.25) is 0 Å². The molecule has 0 amide bonds. The van der Waals surface area contributed by atoms with Crippen LogP contribution < -0.4 is 9.80 Å². The Morgan fingerprint density at radius 3 is 1.41 bits per heavy atom. The molecule has 1 aromatic heterocycles. The van der Waals surface area contributed by atoms with Crippen LogP contribution in [0.3, 0.4) is 0 Å². The Labute approximate surface area is 395 Å². The van der Waals surface area contributed by atoms with Gasteiger partial charge >= 0.3 is 0 Å². The van der Waals surface area contributed by atoms with Crippen LogP contribution in [0.4, 0.5) is 34.1 Å². The highest BCUT2D eigenvalue weighted by Crippen LogP contribution is 2.64. The fourth-order valence-corrected chi connectivity index (χ4v) is 11.8. The van der Waals surface area contributed by atoms with Gasteiger partial charge in [0.25, 0.3) is 0 Å². The Hall–Kier alpha value is -8.92. The van der Waals surface area contributed by atoms with Crippen LogP contribution in [0, 0.1) is 0 Å². The fourth-order valence-electron chi connectivity index (χ4n) is 11.8. The molecule has 0 N–H and O–H groups in total. The predicted molar refractivity (Wildman–Crippen MR) is 284 cm³/mol. The standard InChI is InChI=1S/C65H43N3/c1-4-21-45(22-5-1)66(46-23-6-2-7-24-46)48-35-38-54-52-28-12-15-31-58(52)65(60(54)41-48)59-32-16-13-29-53(59)55-39-36-49(42-61(55)65)67(62-34-18-20-44-19-10-11-27-51(44)62)50-37-40-57-56-30-14-17-33-63(56)68(64(57)43-50)47-25-8-3-9-26-47/h1-43H. The van der Waals surface area contributed by atoms with Crippen molar-refractivity contribution >= 4 is 66.7 Å². The first-order chi connectivity index (χ1) is 33.8. The Bertz CT molecular complexity index is 3870. The molecular formula is C65H43N3. The molecule has 14 rings (SSSR count). The van der Waals surface area contributed by atoms with E-state index in [0.29, 0.717) is 0 Å². The van der Waals surface area contributed by atoms with Crippen LogP contribution in [0.15, 0.2) is 261 Å². The SMILES string of the molecule is c1ccc(N(c2ccccc2)c2ccc3c(c2)C2(c4ccccc4-3)c3ccccc3-c3ccc(N(c4ccc5c6ccccc6n(-c6ccccc6)c5c4)c4cccc5ccccc45)cc32)cc1. The molecule has 3 heteroatoms. The molecule has 0 bridgehead atoms. The van der Waals surface area contributed by atoms with Gasteiger partial charge in [-0.25, -0.2) is 0 Å². The molecule has 1 spiro atoms. The summed E-state index contributed by atoms with van der Waals surface area (Å²) in [6, 6.07) is 96.2. The van der Waals surface area contributed by atoms with Crippen molar-refractivity contribution in [2.45, 2.75) is 5.41 Å². The lowest BCUT2D eigenvalue weighted by Crippen LogP contribution is -2.26. The number of para-hydroxylation sites is 4. The number of benzene rings is 11. The fraction of sp³-hybridized carbons (Fsp3) is 0.0154. The summed E-state index contributed by atoms with van der Waals surface area (Å²) in [7, 11) is 0. The Kier molecular flexibility index (Phi) is 8.50. The highest BCUT2D eigenvalue weighted by atomic mass is 15.2. The van der Waals surface area contributed by atoms with Crippen LogP contribution in [-0.4, -0.2) is 4.57 Å². The van der Waals surface area contributed by atoms with Gasteiger partial charge in [-0.3, -0.25) is 0 Å². The van der Waals surface area contributed by atoms with Gasteiger partial charge in [0.2, 0.25) is 0 Å². The third kappa shape index (κ3) is 5.54. The van der Waals surface area contributed by atoms with E-state index in [2.05, 4.69) is 275 Å². The number of fused-ring (bicyclic) bond motifs is 14. The largest absolute Gasteiger partial charge is 0.310 e. The van der Waals surface area contributed by atoms with E-state index in [-0.39, 0.29) is 0 Å². The third-order valence-electron chi connectivity index (χ3n) is 14.5. The first kappa shape index (κ1) is 38.4. The summed E-state index contributed by atoms with van der Waals surface area (Å²) in [5.41, 5.74) is 19.9. The zero-order valence-electron chi connectivity index (χ0n) is 37.2. The number of anilines is 6. The zero-order valence-corrected chi connectivity index (χ0v) is 37.2. The minimum absolute atomic E-state index is 0.586. The van der Waals surface area contributed by atoms with Crippen molar-refractivity contribution in [3.8, 4) is 27.9 Å². The summed E-state index contributed by atoms with van der Waals surface area (Å²) in [5.74, 6) is 0. The van der Waals surface area contributed by atoms with E-state index in [4.69, 9.17) is 0 Å². The number of nitrogens with zero attached hydrogens (tertiary/aromatic N) is 3.